The van der Waals surface area contributed by atoms with Crippen LogP contribution < -0.4 is 0 Å². The SMILES string of the molecule is CO[C@H]1CC2CC[C@@H](C)[C@@](O)(O2)C(=O)C(=O)N2CCCC[C@H]2C(=O)O[C@H]([C@H](C)C[C@@H]2CC[C@@H](O)[C@H](OC)C2)CC(=O)[C@H](C)/C=C(\C)[C@@H](O)[C@@H](OC)C[C@H](C)C[C@H](C)/C=C/C=CC=C1C. The van der Waals surface area contributed by atoms with Crippen LogP contribution in [0.4, 0.5) is 0 Å². The quantitative estimate of drug-likeness (QED) is 0.142. The standard InChI is InChI=1S/C51H81NO12/c1-31-16-12-11-13-17-33(3)43(60-8)29-39-21-19-37(7)51(59,64-39)48(56)49(57)52-23-15-14-18-40(52)50(58)63-44(35(5)27-38-20-22-41(53)45(28-38)61-9)30-42(54)34(4)26-36(6)47(55)46(62-10)25-32(2)24-31/h11-13,16-17,26,31-32,34-35,37-41,43-47,53,55,59H,14-15,18-25,27-30H2,1-10H3/b13-11?,16-12+,33-17?,36-26+/t31-,32-,34-,35-,37-,38+,39?,40+,41-,43+,44+,45-,46+,47-,51-/m1/s1. The number of methoxy groups -OCH3 is 3. The van der Waals surface area contributed by atoms with Crippen LogP contribution in [0.2, 0.25) is 0 Å². The second-order valence-electron chi connectivity index (χ2n) is 19.7. The molecule has 4 aliphatic rings. The van der Waals surface area contributed by atoms with E-state index >= 15 is 0 Å². The van der Waals surface area contributed by atoms with E-state index in [4.69, 9.17) is 23.7 Å². The van der Waals surface area contributed by atoms with Gasteiger partial charge in [0.15, 0.2) is 0 Å². The fourth-order valence-electron chi connectivity index (χ4n) is 10.3. The number of aliphatic hydroxyl groups is 3. The highest BCUT2D eigenvalue weighted by atomic mass is 16.6. The lowest BCUT2D eigenvalue weighted by Crippen LogP contribution is -2.61. The number of esters is 1. The monoisotopic (exact) mass is 900 g/mol. The summed E-state index contributed by atoms with van der Waals surface area (Å²) in [4.78, 5) is 58.1. The van der Waals surface area contributed by atoms with Gasteiger partial charge in [0.05, 0.1) is 30.5 Å². The van der Waals surface area contributed by atoms with E-state index in [-0.39, 0.29) is 61.0 Å². The number of Topliss-reactive ketones (excluding diaryl/α,β-unsaturated/α-hetero) is 2. The number of ketones is 2. The molecule has 3 heterocycles. The Labute approximate surface area is 383 Å². The van der Waals surface area contributed by atoms with Gasteiger partial charge in [-0.25, -0.2) is 4.79 Å². The number of carbonyl (C=O) groups is 4. The molecule has 4 rings (SSSR count). The number of carbonyl (C=O) groups excluding carboxylic acids is 4. The molecule has 0 aromatic rings. The third-order valence-electron chi connectivity index (χ3n) is 14.5. The van der Waals surface area contributed by atoms with Crippen LogP contribution in [0.15, 0.2) is 47.6 Å². The van der Waals surface area contributed by atoms with Gasteiger partial charge in [0.25, 0.3) is 11.7 Å². The van der Waals surface area contributed by atoms with E-state index in [1.807, 2.05) is 38.2 Å². The molecular weight excluding hydrogens is 819 g/mol. The number of aliphatic hydroxyl groups excluding tert-OH is 2. The summed E-state index contributed by atoms with van der Waals surface area (Å²) in [6.45, 7) is 13.6. The first kappa shape index (κ1) is 53.6. The highest BCUT2D eigenvalue weighted by molar-refractivity contribution is 6.39. The van der Waals surface area contributed by atoms with Crippen LogP contribution in [0.5, 0.6) is 0 Å². The van der Waals surface area contributed by atoms with Crippen molar-refractivity contribution in [3.63, 3.8) is 0 Å². The number of fused-ring (bicyclic) bond motifs is 3. The summed E-state index contributed by atoms with van der Waals surface area (Å²) in [5.74, 6) is -6.38. The van der Waals surface area contributed by atoms with Gasteiger partial charge < -0.3 is 43.9 Å². The van der Waals surface area contributed by atoms with Crippen LogP contribution in [-0.2, 0) is 42.9 Å². The number of hydrogen-bond donors (Lipinski definition) is 3. The Kier molecular flexibility index (Phi) is 21.1. The van der Waals surface area contributed by atoms with Gasteiger partial charge >= 0.3 is 5.97 Å². The van der Waals surface area contributed by atoms with Crippen LogP contribution >= 0.6 is 0 Å². The molecule has 0 aromatic carbocycles. The average Bonchev–Trinajstić information content (AvgIpc) is 3.27. The first-order valence-electron chi connectivity index (χ1n) is 24.0. The lowest BCUT2D eigenvalue weighted by atomic mass is 9.78. The molecule has 0 aromatic heterocycles. The Hall–Kier alpha value is -3.04. The predicted molar refractivity (Wildman–Crippen MR) is 245 cm³/mol. The molecule has 15 atom stereocenters. The molecule has 3 aliphatic heterocycles. The lowest BCUT2D eigenvalue weighted by molar-refractivity contribution is -0.265. The number of rotatable bonds is 6. The Bertz CT molecular complexity index is 1670. The normalized spacial score (nSPS) is 39.5. The Balaban J connectivity index is 1.68. The minimum absolute atomic E-state index is 0.106. The lowest BCUT2D eigenvalue weighted by Gasteiger charge is -2.42. The molecule has 1 amide bonds. The van der Waals surface area contributed by atoms with Gasteiger partial charge in [-0.3, -0.25) is 14.4 Å². The van der Waals surface area contributed by atoms with Crippen molar-refractivity contribution in [2.75, 3.05) is 27.9 Å². The van der Waals surface area contributed by atoms with Crippen LogP contribution in [0.3, 0.4) is 0 Å². The number of hydrogen-bond acceptors (Lipinski definition) is 12. The zero-order valence-corrected chi connectivity index (χ0v) is 40.4. The highest BCUT2D eigenvalue weighted by Gasteiger charge is 2.53. The molecule has 1 aliphatic carbocycles. The number of nitrogens with zero attached hydrogens (tertiary/aromatic N) is 1. The first-order valence-corrected chi connectivity index (χ1v) is 24.0. The van der Waals surface area contributed by atoms with E-state index in [1.54, 1.807) is 48.2 Å². The van der Waals surface area contributed by atoms with Crippen molar-refractivity contribution in [3.05, 3.63) is 47.6 Å². The third kappa shape index (κ3) is 14.5. The summed E-state index contributed by atoms with van der Waals surface area (Å²) >= 11 is 0. The fraction of sp³-hybridized carbons (Fsp3) is 0.765. The Morgan fingerprint density at radius 3 is 2.23 bits per heavy atom. The summed E-state index contributed by atoms with van der Waals surface area (Å²) in [7, 11) is 4.78. The van der Waals surface area contributed by atoms with Crippen LogP contribution in [0.25, 0.3) is 0 Å². The van der Waals surface area contributed by atoms with E-state index in [0.29, 0.717) is 63.4 Å². The van der Waals surface area contributed by atoms with Crippen molar-refractivity contribution in [2.24, 2.45) is 35.5 Å². The second-order valence-corrected chi connectivity index (χ2v) is 19.7. The summed E-state index contributed by atoms with van der Waals surface area (Å²) in [6, 6.07) is -1.10. The predicted octanol–water partition coefficient (Wildman–Crippen LogP) is 7.00. The highest BCUT2D eigenvalue weighted by Crippen LogP contribution is 2.38. The van der Waals surface area contributed by atoms with Crippen molar-refractivity contribution in [3.8, 4) is 0 Å². The van der Waals surface area contributed by atoms with Crippen molar-refractivity contribution < 1.29 is 58.2 Å². The first-order chi connectivity index (χ1) is 30.3. The maximum absolute atomic E-state index is 14.4. The fourth-order valence-corrected chi connectivity index (χ4v) is 10.3. The smallest absolute Gasteiger partial charge is 0.329 e. The molecule has 1 saturated carbocycles. The van der Waals surface area contributed by atoms with Crippen molar-refractivity contribution in [1.82, 2.24) is 4.90 Å². The zero-order chi connectivity index (χ0) is 47.3. The Morgan fingerprint density at radius 1 is 0.828 bits per heavy atom. The third-order valence-corrected chi connectivity index (χ3v) is 14.5. The van der Waals surface area contributed by atoms with Gasteiger partial charge in [0, 0.05) is 52.6 Å². The maximum Gasteiger partial charge on any atom is 0.329 e. The summed E-state index contributed by atoms with van der Waals surface area (Å²) in [5, 5.41) is 33.9. The largest absolute Gasteiger partial charge is 0.460 e. The summed E-state index contributed by atoms with van der Waals surface area (Å²) in [5.41, 5.74) is 1.54. The number of piperidine rings is 1. The molecule has 0 radical (unpaired) electrons. The van der Waals surface area contributed by atoms with Crippen molar-refractivity contribution >= 4 is 23.4 Å². The van der Waals surface area contributed by atoms with Crippen LogP contribution in [-0.4, -0.2) is 126 Å². The average molecular weight is 900 g/mol. The van der Waals surface area contributed by atoms with Crippen LogP contribution in [0, 0.1) is 35.5 Å². The van der Waals surface area contributed by atoms with Gasteiger partial charge in [-0.15, -0.1) is 0 Å². The minimum Gasteiger partial charge on any atom is -0.460 e. The van der Waals surface area contributed by atoms with E-state index in [0.717, 1.165) is 18.4 Å². The number of cyclic esters (lactones) is 1. The zero-order valence-electron chi connectivity index (χ0n) is 40.4. The molecule has 2 saturated heterocycles. The number of ether oxygens (including phenoxy) is 5. The van der Waals surface area contributed by atoms with Crippen LogP contribution in [0.1, 0.15) is 132 Å². The van der Waals surface area contributed by atoms with E-state index in [1.165, 1.54) is 4.90 Å². The van der Waals surface area contributed by atoms with Gasteiger partial charge in [0.2, 0.25) is 5.79 Å². The van der Waals surface area contributed by atoms with Crippen molar-refractivity contribution in [2.45, 2.75) is 186 Å². The van der Waals surface area contributed by atoms with Crippen molar-refractivity contribution in [1.29, 1.82) is 0 Å². The Morgan fingerprint density at radius 2 is 1.55 bits per heavy atom. The number of allylic oxidation sites excluding steroid dienone is 6. The molecule has 362 valence electrons. The van der Waals surface area contributed by atoms with E-state index in [2.05, 4.69) is 19.9 Å². The number of amides is 1. The molecule has 3 fully saturated rings. The topological polar surface area (TPSA) is 178 Å². The molecule has 2 bridgehead atoms. The van der Waals surface area contributed by atoms with Gasteiger partial charge in [-0.1, -0.05) is 71.1 Å². The van der Waals surface area contributed by atoms with E-state index < -0.39 is 71.8 Å². The molecule has 0 spiro atoms. The summed E-state index contributed by atoms with van der Waals surface area (Å²) < 4.78 is 29.7. The molecule has 1 unspecified atom stereocenters. The maximum atomic E-state index is 14.4. The molecule has 64 heavy (non-hydrogen) atoms. The molecular formula is C51H81NO12. The molecule has 3 N–H and O–H groups in total. The van der Waals surface area contributed by atoms with Gasteiger partial charge in [-0.05, 0) is 119 Å². The summed E-state index contributed by atoms with van der Waals surface area (Å²) in [6.07, 6.45) is 14.3. The van der Waals surface area contributed by atoms with Gasteiger partial charge in [0.1, 0.15) is 24.0 Å². The van der Waals surface area contributed by atoms with Gasteiger partial charge in [-0.2, -0.15) is 0 Å². The van der Waals surface area contributed by atoms with E-state index in [9.17, 15) is 34.5 Å². The second kappa shape index (κ2) is 25.2. The molecule has 13 heteroatoms. The molecule has 13 nitrogen and oxygen atoms in total. The minimum atomic E-state index is -2.40.